The molecule has 0 bridgehead atoms. The minimum Gasteiger partial charge on any atom is -0.368 e. The third kappa shape index (κ3) is 2.36. The number of anilines is 2. The fourth-order valence-electron chi connectivity index (χ4n) is 1.62. The Morgan fingerprint density at radius 1 is 0.842 bits per heavy atom. The maximum Gasteiger partial charge on any atom is 0.225 e. The molecule has 0 amide bonds. The van der Waals surface area contributed by atoms with Crippen LogP contribution >= 0.6 is 11.3 Å². The van der Waals surface area contributed by atoms with Crippen LogP contribution in [0.4, 0.5) is 11.9 Å². The SMILES string of the molecule is Nc1nc(N)nc(-c2nc(-c3ccccc3)cs2)n1. The van der Waals surface area contributed by atoms with E-state index in [2.05, 4.69) is 19.9 Å². The summed E-state index contributed by atoms with van der Waals surface area (Å²) in [4.78, 5) is 16.3. The molecule has 0 unspecified atom stereocenters. The zero-order valence-corrected chi connectivity index (χ0v) is 10.6. The first-order chi connectivity index (χ1) is 9.22. The van der Waals surface area contributed by atoms with Crippen molar-refractivity contribution in [2.75, 3.05) is 11.5 Å². The molecule has 0 atom stereocenters. The number of nitrogens with zero attached hydrogens (tertiary/aromatic N) is 4. The van der Waals surface area contributed by atoms with Crippen molar-refractivity contribution in [1.82, 2.24) is 19.9 Å². The van der Waals surface area contributed by atoms with Crippen LogP contribution in [0.3, 0.4) is 0 Å². The van der Waals surface area contributed by atoms with Gasteiger partial charge in [0.2, 0.25) is 11.9 Å². The Morgan fingerprint density at radius 2 is 1.53 bits per heavy atom. The van der Waals surface area contributed by atoms with Crippen LogP contribution in [0, 0.1) is 0 Å². The van der Waals surface area contributed by atoms with E-state index < -0.39 is 0 Å². The van der Waals surface area contributed by atoms with Gasteiger partial charge in [0.15, 0.2) is 10.8 Å². The second-order valence-corrected chi connectivity index (χ2v) is 4.64. The molecule has 0 aliphatic rings. The average molecular weight is 270 g/mol. The summed E-state index contributed by atoms with van der Waals surface area (Å²) >= 11 is 1.44. The third-order valence-corrected chi connectivity index (χ3v) is 3.27. The number of hydrogen-bond acceptors (Lipinski definition) is 7. The second kappa shape index (κ2) is 4.62. The molecular weight excluding hydrogens is 260 g/mol. The second-order valence-electron chi connectivity index (χ2n) is 3.78. The van der Waals surface area contributed by atoms with E-state index in [0.29, 0.717) is 10.8 Å². The van der Waals surface area contributed by atoms with E-state index in [-0.39, 0.29) is 11.9 Å². The lowest BCUT2D eigenvalue weighted by Gasteiger charge is -1.98. The smallest absolute Gasteiger partial charge is 0.225 e. The number of aromatic nitrogens is 4. The normalized spacial score (nSPS) is 10.5. The summed E-state index contributed by atoms with van der Waals surface area (Å²) in [5.74, 6) is 0.593. The zero-order chi connectivity index (χ0) is 13.2. The van der Waals surface area contributed by atoms with E-state index in [1.165, 1.54) is 11.3 Å². The summed E-state index contributed by atoms with van der Waals surface area (Å²) in [6.07, 6.45) is 0. The molecule has 3 aromatic rings. The molecule has 3 rings (SSSR count). The maximum atomic E-state index is 5.55. The van der Waals surface area contributed by atoms with Crippen LogP contribution in [-0.2, 0) is 0 Å². The quantitative estimate of drug-likeness (QED) is 0.736. The first kappa shape index (κ1) is 11.5. The first-order valence-electron chi connectivity index (χ1n) is 5.51. The van der Waals surface area contributed by atoms with E-state index in [1.54, 1.807) is 0 Å². The molecule has 94 valence electrons. The molecule has 19 heavy (non-hydrogen) atoms. The molecule has 4 N–H and O–H groups in total. The van der Waals surface area contributed by atoms with Crippen LogP contribution in [0.25, 0.3) is 22.1 Å². The van der Waals surface area contributed by atoms with Crippen LogP contribution < -0.4 is 11.5 Å². The lowest BCUT2D eigenvalue weighted by Crippen LogP contribution is -2.04. The number of benzene rings is 1. The van der Waals surface area contributed by atoms with Gasteiger partial charge in [0.05, 0.1) is 5.69 Å². The standard InChI is InChI=1S/C12H10N6S/c13-11-16-9(17-12(14)18-11)10-15-8(6-19-10)7-4-2-1-3-5-7/h1-6H,(H4,13,14,16,17,18). The zero-order valence-electron chi connectivity index (χ0n) is 9.82. The summed E-state index contributed by atoms with van der Waals surface area (Å²) in [7, 11) is 0. The Kier molecular flexibility index (Phi) is 2.81. The Bertz CT molecular complexity index is 689. The lowest BCUT2D eigenvalue weighted by molar-refractivity contribution is 1.08. The molecule has 0 saturated carbocycles. The van der Waals surface area contributed by atoms with Gasteiger partial charge >= 0.3 is 0 Å². The molecule has 0 radical (unpaired) electrons. The molecular formula is C12H10N6S. The molecule has 2 aromatic heterocycles. The predicted molar refractivity (Wildman–Crippen MR) is 75.2 cm³/mol. The van der Waals surface area contributed by atoms with Crippen molar-refractivity contribution in [1.29, 1.82) is 0 Å². The van der Waals surface area contributed by atoms with Crippen molar-refractivity contribution in [3.8, 4) is 22.1 Å². The van der Waals surface area contributed by atoms with E-state index in [0.717, 1.165) is 11.3 Å². The Labute approximate surface area is 113 Å². The Morgan fingerprint density at radius 3 is 2.21 bits per heavy atom. The van der Waals surface area contributed by atoms with Crippen molar-refractivity contribution >= 4 is 23.2 Å². The van der Waals surface area contributed by atoms with Crippen molar-refractivity contribution in [2.45, 2.75) is 0 Å². The molecule has 0 fully saturated rings. The van der Waals surface area contributed by atoms with Gasteiger partial charge in [-0.25, -0.2) is 4.98 Å². The molecule has 2 heterocycles. The summed E-state index contributed by atoms with van der Waals surface area (Å²) in [5, 5.41) is 2.61. The third-order valence-electron chi connectivity index (χ3n) is 2.44. The largest absolute Gasteiger partial charge is 0.368 e. The first-order valence-corrected chi connectivity index (χ1v) is 6.39. The maximum absolute atomic E-state index is 5.55. The van der Waals surface area contributed by atoms with E-state index >= 15 is 0 Å². The number of rotatable bonds is 2. The highest BCUT2D eigenvalue weighted by atomic mass is 32.1. The van der Waals surface area contributed by atoms with Crippen molar-refractivity contribution < 1.29 is 0 Å². The van der Waals surface area contributed by atoms with Crippen molar-refractivity contribution in [3.63, 3.8) is 0 Å². The van der Waals surface area contributed by atoms with E-state index in [4.69, 9.17) is 11.5 Å². The van der Waals surface area contributed by atoms with Crippen molar-refractivity contribution in [2.24, 2.45) is 0 Å². The van der Waals surface area contributed by atoms with Crippen LogP contribution in [-0.4, -0.2) is 19.9 Å². The monoisotopic (exact) mass is 270 g/mol. The van der Waals surface area contributed by atoms with Crippen LogP contribution in [0.2, 0.25) is 0 Å². The van der Waals surface area contributed by atoms with Gasteiger partial charge in [0.1, 0.15) is 0 Å². The number of hydrogen-bond donors (Lipinski definition) is 2. The van der Waals surface area contributed by atoms with Gasteiger partial charge in [-0.3, -0.25) is 0 Å². The van der Waals surface area contributed by atoms with Gasteiger partial charge in [0, 0.05) is 10.9 Å². The fourth-order valence-corrected chi connectivity index (χ4v) is 2.38. The van der Waals surface area contributed by atoms with Gasteiger partial charge in [-0.05, 0) is 0 Å². The molecule has 0 aliphatic carbocycles. The average Bonchev–Trinajstić information content (AvgIpc) is 2.88. The topological polar surface area (TPSA) is 104 Å². The summed E-state index contributed by atoms with van der Waals surface area (Å²) in [6, 6.07) is 9.88. The minimum atomic E-state index is 0.0963. The van der Waals surface area contributed by atoms with Crippen LogP contribution in [0.15, 0.2) is 35.7 Å². The minimum absolute atomic E-state index is 0.0963. The van der Waals surface area contributed by atoms with Crippen LogP contribution in [0.5, 0.6) is 0 Å². The number of nitrogens with two attached hydrogens (primary N) is 2. The Balaban J connectivity index is 2.02. The van der Waals surface area contributed by atoms with E-state index in [9.17, 15) is 0 Å². The van der Waals surface area contributed by atoms with E-state index in [1.807, 2.05) is 35.7 Å². The Hall–Kier alpha value is -2.54. The highest BCUT2D eigenvalue weighted by Crippen LogP contribution is 2.27. The van der Waals surface area contributed by atoms with Gasteiger partial charge in [0.25, 0.3) is 0 Å². The highest BCUT2D eigenvalue weighted by Gasteiger charge is 2.10. The highest BCUT2D eigenvalue weighted by molar-refractivity contribution is 7.13. The predicted octanol–water partition coefficient (Wildman–Crippen LogP) is 1.83. The molecule has 1 aromatic carbocycles. The molecule has 6 nitrogen and oxygen atoms in total. The molecule has 7 heteroatoms. The number of nitrogen functional groups attached to an aromatic ring is 2. The van der Waals surface area contributed by atoms with Gasteiger partial charge in [-0.1, -0.05) is 30.3 Å². The molecule has 0 saturated heterocycles. The summed E-state index contributed by atoms with van der Waals surface area (Å²) < 4.78 is 0. The molecule has 0 aliphatic heterocycles. The van der Waals surface area contributed by atoms with Gasteiger partial charge < -0.3 is 11.5 Å². The number of thiazole rings is 1. The van der Waals surface area contributed by atoms with Crippen LogP contribution in [0.1, 0.15) is 0 Å². The van der Waals surface area contributed by atoms with Gasteiger partial charge in [-0.15, -0.1) is 11.3 Å². The lowest BCUT2D eigenvalue weighted by atomic mass is 10.2. The summed E-state index contributed by atoms with van der Waals surface area (Å²) in [6.45, 7) is 0. The van der Waals surface area contributed by atoms with Crippen molar-refractivity contribution in [3.05, 3.63) is 35.7 Å². The molecule has 0 spiro atoms. The van der Waals surface area contributed by atoms with Gasteiger partial charge in [-0.2, -0.15) is 15.0 Å². The summed E-state index contributed by atoms with van der Waals surface area (Å²) in [5.41, 5.74) is 13.0. The fraction of sp³-hybridized carbons (Fsp3) is 0.